The maximum absolute atomic E-state index is 13.5. The van der Waals surface area contributed by atoms with Crippen molar-refractivity contribution in [1.82, 2.24) is 5.32 Å². The van der Waals surface area contributed by atoms with Crippen LogP contribution in [0.5, 0.6) is 0 Å². The molecule has 0 aliphatic rings. The van der Waals surface area contributed by atoms with Gasteiger partial charge in [0.1, 0.15) is 19.3 Å². The Morgan fingerprint density at radius 1 is 0.507 bits per heavy atom. The van der Waals surface area contributed by atoms with E-state index in [0.29, 0.717) is 23.9 Å². The molecule has 2 N–H and O–H groups in total. The van der Waals surface area contributed by atoms with E-state index in [1.165, 1.54) is 122 Å². The largest absolute Gasteiger partial charge is 0.472 e. The van der Waals surface area contributed by atoms with Gasteiger partial charge in [-0.3, -0.25) is 18.6 Å². The number of hydrogen-bond acceptors (Lipinski definition) is 6. The quantitative estimate of drug-likeness (QED) is 0.0205. The summed E-state index contributed by atoms with van der Waals surface area (Å²) >= 11 is 0. The van der Waals surface area contributed by atoms with Crippen molar-refractivity contribution in [2.24, 2.45) is 0 Å². The van der Waals surface area contributed by atoms with Crippen molar-refractivity contribution in [2.45, 2.75) is 251 Å². The summed E-state index contributed by atoms with van der Waals surface area (Å²) in [7, 11) is 1.45. The molecule has 0 spiro atoms. The second-order valence-corrected chi connectivity index (χ2v) is 21.9. The molecule has 3 unspecified atom stereocenters. The number of allylic oxidation sites excluding steroid dienone is 13. The van der Waals surface area contributed by atoms with Crippen molar-refractivity contribution in [3.05, 3.63) is 85.1 Å². The van der Waals surface area contributed by atoms with Crippen LogP contribution in [0, 0.1) is 0 Å². The van der Waals surface area contributed by atoms with Gasteiger partial charge >= 0.3 is 13.8 Å². The first-order chi connectivity index (χ1) is 34.4. The molecule has 9 nitrogen and oxygen atoms in total. The molecule has 0 rings (SSSR count). The van der Waals surface area contributed by atoms with Crippen LogP contribution >= 0.6 is 7.82 Å². The van der Waals surface area contributed by atoms with E-state index in [9.17, 15) is 19.0 Å². The Labute approximate surface area is 437 Å². The highest BCUT2D eigenvalue weighted by molar-refractivity contribution is 7.47. The smallest absolute Gasteiger partial charge is 0.456 e. The lowest BCUT2D eigenvalue weighted by atomic mass is 10.0. The Kier molecular flexibility index (Phi) is 48.7. The van der Waals surface area contributed by atoms with E-state index in [1.807, 2.05) is 39.4 Å². The van der Waals surface area contributed by atoms with E-state index >= 15 is 0 Å². The standard InChI is InChI=1S/C61H109N2O7P/c1-7-10-13-16-19-22-25-28-29-30-31-32-33-36-39-42-45-48-51-54-61(65)70-59(52-49-46-43-40-37-34-26-23-20-17-14-11-8-2)58(57-69-71(66,67)68-56-55-63(4,5)6)62-60(64)53-50-47-44-41-38-35-27-24-21-18-15-12-9-3/h10,13,19,22,28-29,31-32,36,39,45,48-49,52,58-59H,7-9,11-12,14-18,20-21,23-27,30,33-35,37-38,40-44,46-47,50-51,53-57H2,1-6H3,(H-,62,64,66,67)/p+1/b13-10-,22-19-,29-28-,32-31-,39-36-,48-45-,52-49+. The molecule has 0 radical (unpaired) electrons. The second-order valence-electron chi connectivity index (χ2n) is 20.4. The SMILES string of the molecule is CC/C=C\C/C=C\C/C=C\C/C=C\C/C=C\C/C=C\CCC(=O)OC(/C=C/CCCCCCCCCCCCC)C(COP(=O)(O)OCC[N+](C)(C)C)NC(=O)CCCCCCCCCCCCCCC. The lowest BCUT2D eigenvalue weighted by Crippen LogP contribution is -2.47. The third kappa shape index (κ3) is 51.9. The Morgan fingerprint density at radius 3 is 1.35 bits per heavy atom. The monoisotopic (exact) mass is 1010 g/mol. The first-order valence-electron chi connectivity index (χ1n) is 28.9. The molecule has 0 aromatic rings. The van der Waals surface area contributed by atoms with Crippen LogP contribution in [0.15, 0.2) is 85.1 Å². The number of amides is 1. The van der Waals surface area contributed by atoms with Crippen LogP contribution in [0.1, 0.15) is 239 Å². The zero-order valence-corrected chi connectivity index (χ0v) is 47.6. The molecule has 0 bridgehead atoms. The summed E-state index contributed by atoms with van der Waals surface area (Å²) in [5.41, 5.74) is 0. The van der Waals surface area contributed by atoms with E-state index in [0.717, 1.165) is 77.0 Å². The van der Waals surface area contributed by atoms with Crippen molar-refractivity contribution in [1.29, 1.82) is 0 Å². The molecule has 410 valence electrons. The van der Waals surface area contributed by atoms with Gasteiger partial charge in [0.05, 0.1) is 33.8 Å². The molecule has 0 saturated carbocycles. The van der Waals surface area contributed by atoms with Crippen molar-refractivity contribution in [3.63, 3.8) is 0 Å². The number of likely N-dealkylation sites (N-methyl/N-ethyl adjacent to an activating group) is 1. The summed E-state index contributed by atoms with van der Waals surface area (Å²) in [4.78, 5) is 37.5. The van der Waals surface area contributed by atoms with Crippen molar-refractivity contribution in [3.8, 4) is 0 Å². The fraction of sp³-hybridized carbons (Fsp3) is 0.738. The maximum atomic E-state index is 13.5. The van der Waals surface area contributed by atoms with Gasteiger partial charge in [-0.25, -0.2) is 4.57 Å². The third-order valence-corrected chi connectivity index (χ3v) is 13.3. The lowest BCUT2D eigenvalue weighted by Gasteiger charge is -2.27. The molecule has 0 saturated heterocycles. The number of carbonyl (C=O) groups is 2. The van der Waals surface area contributed by atoms with Gasteiger partial charge in [-0.15, -0.1) is 0 Å². The molecule has 0 aliphatic carbocycles. The summed E-state index contributed by atoms with van der Waals surface area (Å²) in [6.07, 6.45) is 65.9. The first kappa shape index (κ1) is 68.2. The van der Waals surface area contributed by atoms with Gasteiger partial charge in [-0.05, 0) is 70.3 Å². The van der Waals surface area contributed by atoms with Gasteiger partial charge in [0.15, 0.2) is 0 Å². The van der Waals surface area contributed by atoms with Crippen LogP contribution in [-0.2, 0) is 27.9 Å². The number of phosphoric ester groups is 1. The zero-order valence-electron chi connectivity index (χ0n) is 46.7. The van der Waals surface area contributed by atoms with Crippen LogP contribution in [0.4, 0.5) is 0 Å². The number of nitrogens with zero attached hydrogens (tertiary/aromatic N) is 1. The predicted octanol–water partition coefficient (Wildman–Crippen LogP) is 17.4. The van der Waals surface area contributed by atoms with Crippen molar-refractivity contribution < 1.29 is 37.3 Å². The number of unbranched alkanes of at least 4 members (excludes halogenated alkanes) is 23. The molecule has 3 atom stereocenters. The summed E-state index contributed by atoms with van der Waals surface area (Å²) in [6, 6.07) is -0.879. The van der Waals surface area contributed by atoms with Gasteiger partial charge in [-0.1, -0.05) is 241 Å². The zero-order chi connectivity index (χ0) is 52.2. The molecule has 10 heteroatoms. The number of rotatable bonds is 51. The Hall–Kier alpha value is -2.81. The number of quaternary nitrogens is 1. The number of nitrogens with one attached hydrogen (secondary N) is 1. The average Bonchev–Trinajstić information content (AvgIpc) is 3.33. The van der Waals surface area contributed by atoms with E-state index in [1.54, 1.807) is 0 Å². The van der Waals surface area contributed by atoms with Gasteiger partial charge in [0.2, 0.25) is 5.91 Å². The number of ether oxygens (including phenoxy) is 1. The minimum absolute atomic E-state index is 0.0270. The van der Waals surface area contributed by atoms with Crippen molar-refractivity contribution >= 4 is 19.7 Å². The molecule has 71 heavy (non-hydrogen) atoms. The molecule has 1 amide bonds. The third-order valence-electron chi connectivity index (χ3n) is 12.4. The Bertz CT molecular complexity index is 1490. The average molecular weight is 1010 g/mol. The van der Waals surface area contributed by atoms with Gasteiger partial charge in [0.25, 0.3) is 0 Å². The summed E-state index contributed by atoms with van der Waals surface area (Å²) in [5, 5.41) is 3.03. The van der Waals surface area contributed by atoms with Gasteiger partial charge in [0, 0.05) is 12.8 Å². The summed E-state index contributed by atoms with van der Waals surface area (Å²) in [6.45, 7) is 6.84. The molecule has 0 aromatic heterocycles. The minimum atomic E-state index is -4.46. The fourth-order valence-electron chi connectivity index (χ4n) is 7.91. The highest BCUT2D eigenvalue weighted by atomic mass is 31.2. The number of hydrogen-bond donors (Lipinski definition) is 2. The van der Waals surface area contributed by atoms with E-state index < -0.39 is 25.9 Å². The first-order valence-corrected chi connectivity index (χ1v) is 30.4. The van der Waals surface area contributed by atoms with Crippen LogP contribution < -0.4 is 5.32 Å². The minimum Gasteiger partial charge on any atom is -0.456 e. The van der Waals surface area contributed by atoms with Crippen molar-refractivity contribution in [2.75, 3.05) is 40.9 Å². The fourth-order valence-corrected chi connectivity index (χ4v) is 8.64. The highest BCUT2D eigenvalue weighted by Gasteiger charge is 2.30. The maximum Gasteiger partial charge on any atom is 0.472 e. The van der Waals surface area contributed by atoms with Crippen LogP contribution in [-0.4, -0.2) is 74.3 Å². The van der Waals surface area contributed by atoms with Gasteiger partial charge < -0.3 is 19.4 Å². The second kappa shape index (κ2) is 50.7. The normalized spacial score (nSPS) is 14.4. The van der Waals surface area contributed by atoms with E-state index in [-0.39, 0.29) is 25.5 Å². The number of carbonyl (C=O) groups excluding carboxylic acids is 2. The Morgan fingerprint density at radius 2 is 0.915 bits per heavy atom. The summed E-state index contributed by atoms with van der Waals surface area (Å²) < 4.78 is 30.5. The van der Waals surface area contributed by atoms with Gasteiger partial charge in [-0.2, -0.15) is 0 Å². The van der Waals surface area contributed by atoms with Crippen LogP contribution in [0.3, 0.4) is 0 Å². The van der Waals surface area contributed by atoms with Crippen LogP contribution in [0.2, 0.25) is 0 Å². The molecular formula is C61H110N2O7P+. The molecule has 0 heterocycles. The molecule has 0 aliphatic heterocycles. The molecular weight excluding hydrogens is 904 g/mol. The lowest BCUT2D eigenvalue weighted by molar-refractivity contribution is -0.870. The topological polar surface area (TPSA) is 111 Å². The Balaban J connectivity index is 5.48. The van der Waals surface area contributed by atoms with E-state index in [2.05, 4.69) is 92.9 Å². The highest BCUT2D eigenvalue weighted by Crippen LogP contribution is 2.43. The number of esters is 1. The van der Waals surface area contributed by atoms with E-state index in [4.69, 9.17) is 13.8 Å². The molecule has 0 aromatic carbocycles. The number of phosphoric acid groups is 1. The summed E-state index contributed by atoms with van der Waals surface area (Å²) in [5.74, 6) is -0.603. The molecule has 0 fully saturated rings. The van der Waals surface area contributed by atoms with Crippen LogP contribution in [0.25, 0.3) is 0 Å². The predicted molar refractivity (Wildman–Crippen MR) is 304 cm³/mol.